The van der Waals surface area contributed by atoms with E-state index in [1.54, 1.807) is 11.8 Å². The second kappa shape index (κ2) is 6.71. The number of rotatable bonds is 4. The van der Waals surface area contributed by atoms with Gasteiger partial charge in [-0.2, -0.15) is 0 Å². The predicted octanol–water partition coefficient (Wildman–Crippen LogP) is 0.798. The topological polar surface area (TPSA) is 76.6 Å². The summed E-state index contributed by atoms with van der Waals surface area (Å²) in [5.74, 6) is 0.725. The number of nitrogens with one attached hydrogen (secondary N) is 1. The molecule has 1 N–H and O–H groups in total. The number of methoxy groups -OCH3 is 1. The van der Waals surface area contributed by atoms with Gasteiger partial charge in [0.1, 0.15) is 12.4 Å². The maximum absolute atomic E-state index is 12.3. The van der Waals surface area contributed by atoms with Gasteiger partial charge in [-0.1, -0.05) is 11.6 Å². The maximum Gasteiger partial charge on any atom is 0.244 e. The number of carbonyl (C=O) groups is 1. The van der Waals surface area contributed by atoms with E-state index in [-0.39, 0.29) is 11.1 Å². The number of anilines is 1. The van der Waals surface area contributed by atoms with Crippen molar-refractivity contribution in [1.29, 1.82) is 0 Å². The fourth-order valence-electron chi connectivity index (χ4n) is 1.96. The number of aromatic nitrogens is 2. The zero-order valence-corrected chi connectivity index (χ0v) is 12.2. The van der Waals surface area contributed by atoms with Gasteiger partial charge in [0.2, 0.25) is 5.91 Å². The molecular formula is C12H17ClN4O3. The van der Waals surface area contributed by atoms with E-state index in [4.69, 9.17) is 21.1 Å². The molecule has 1 aliphatic heterocycles. The van der Waals surface area contributed by atoms with E-state index < -0.39 is 6.04 Å². The van der Waals surface area contributed by atoms with E-state index in [0.717, 1.165) is 0 Å². The molecule has 1 aromatic heterocycles. The third-order valence-corrected chi connectivity index (χ3v) is 3.28. The Bertz CT molecular complexity index is 480. The lowest BCUT2D eigenvalue weighted by molar-refractivity contribution is -0.135. The van der Waals surface area contributed by atoms with E-state index in [0.29, 0.717) is 37.9 Å². The fourth-order valence-corrected chi connectivity index (χ4v) is 2.17. The number of hydrogen-bond donors (Lipinski definition) is 1. The summed E-state index contributed by atoms with van der Waals surface area (Å²) < 4.78 is 10.4. The van der Waals surface area contributed by atoms with Crippen molar-refractivity contribution in [3.05, 3.63) is 11.5 Å². The van der Waals surface area contributed by atoms with Crippen LogP contribution >= 0.6 is 11.6 Å². The number of ether oxygens (including phenoxy) is 2. The van der Waals surface area contributed by atoms with Crippen LogP contribution in [0, 0.1) is 0 Å². The van der Waals surface area contributed by atoms with Crippen molar-refractivity contribution in [2.75, 3.05) is 38.7 Å². The standard InChI is InChI=1S/C12H17ClN4O3/c1-8(12(18)17-3-5-20-6-4-17)16-11-9(19-2)10(13)14-7-15-11/h7-8H,3-6H2,1-2H3,(H,14,15,16). The van der Waals surface area contributed by atoms with Crippen LogP contribution in [0.5, 0.6) is 5.75 Å². The molecule has 1 unspecified atom stereocenters. The van der Waals surface area contributed by atoms with Gasteiger partial charge >= 0.3 is 0 Å². The van der Waals surface area contributed by atoms with Crippen LogP contribution in [0.15, 0.2) is 6.33 Å². The Morgan fingerprint density at radius 1 is 1.50 bits per heavy atom. The van der Waals surface area contributed by atoms with Crippen LogP contribution in [0.1, 0.15) is 6.92 Å². The van der Waals surface area contributed by atoms with Crippen molar-refractivity contribution in [1.82, 2.24) is 14.9 Å². The summed E-state index contributed by atoms with van der Waals surface area (Å²) in [4.78, 5) is 21.9. The fraction of sp³-hybridized carbons (Fsp3) is 0.583. The molecule has 0 spiro atoms. The third kappa shape index (κ3) is 3.29. The second-order valence-corrected chi connectivity index (χ2v) is 4.71. The van der Waals surface area contributed by atoms with Crippen molar-refractivity contribution >= 4 is 23.3 Å². The third-order valence-electron chi connectivity index (χ3n) is 3.01. The first kappa shape index (κ1) is 14.8. The van der Waals surface area contributed by atoms with E-state index in [1.807, 2.05) is 0 Å². The Morgan fingerprint density at radius 3 is 2.85 bits per heavy atom. The molecule has 0 radical (unpaired) electrons. The minimum absolute atomic E-state index is 0.00918. The lowest BCUT2D eigenvalue weighted by Gasteiger charge is -2.29. The van der Waals surface area contributed by atoms with Gasteiger partial charge in [0.25, 0.3) is 0 Å². The lowest BCUT2D eigenvalue weighted by atomic mass is 10.2. The zero-order chi connectivity index (χ0) is 14.5. The van der Waals surface area contributed by atoms with Crippen LogP contribution in [0.3, 0.4) is 0 Å². The highest BCUT2D eigenvalue weighted by molar-refractivity contribution is 6.31. The van der Waals surface area contributed by atoms with Crippen LogP contribution < -0.4 is 10.1 Å². The van der Waals surface area contributed by atoms with Crippen LogP contribution in [0.4, 0.5) is 5.82 Å². The number of halogens is 1. The molecule has 2 heterocycles. The monoisotopic (exact) mass is 300 g/mol. The van der Waals surface area contributed by atoms with Gasteiger partial charge in [0.15, 0.2) is 16.7 Å². The Morgan fingerprint density at radius 2 is 2.20 bits per heavy atom. The van der Waals surface area contributed by atoms with Gasteiger partial charge in [0.05, 0.1) is 20.3 Å². The van der Waals surface area contributed by atoms with Crippen LogP contribution in [-0.2, 0) is 9.53 Å². The molecule has 2 rings (SSSR count). The molecule has 1 amide bonds. The SMILES string of the molecule is COc1c(Cl)ncnc1NC(C)C(=O)N1CCOCC1. The van der Waals surface area contributed by atoms with Crippen molar-refractivity contribution < 1.29 is 14.3 Å². The van der Waals surface area contributed by atoms with E-state index in [9.17, 15) is 4.79 Å². The van der Waals surface area contributed by atoms with Crippen molar-refractivity contribution in [2.24, 2.45) is 0 Å². The molecule has 0 aliphatic carbocycles. The van der Waals surface area contributed by atoms with Gasteiger partial charge < -0.3 is 19.7 Å². The molecule has 110 valence electrons. The molecule has 0 bridgehead atoms. The molecule has 0 saturated carbocycles. The maximum atomic E-state index is 12.3. The second-order valence-electron chi connectivity index (χ2n) is 4.35. The first-order chi connectivity index (χ1) is 9.63. The highest BCUT2D eigenvalue weighted by Gasteiger charge is 2.24. The largest absolute Gasteiger partial charge is 0.490 e. The van der Waals surface area contributed by atoms with Crippen molar-refractivity contribution in [3.8, 4) is 5.75 Å². The average Bonchev–Trinajstić information content (AvgIpc) is 2.47. The Hall–Kier alpha value is -1.60. The molecular weight excluding hydrogens is 284 g/mol. The van der Waals surface area contributed by atoms with Crippen molar-refractivity contribution in [2.45, 2.75) is 13.0 Å². The normalized spacial score (nSPS) is 16.6. The molecule has 1 fully saturated rings. The first-order valence-electron chi connectivity index (χ1n) is 6.31. The quantitative estimate of drug-likeness (QED) is 0.829. The summed E-state index contributed by atoms with van der Waals surface area (Å²) in [5.41, 5.74) is 0. The number of carbonyl (C=O) groups excluding carboxylic acids is 1. The van der Waals surface area contributed by atoms with E-state index in [1.165, 1.54) is 13.4 Å². The molecule has 1 aliphatic rings. The zero-order valence-electron chi connectivity index (χ0n) is 11.4. The number of morpholine rings is 1. The number of hydrogen-bond acceptors (Lipinski definition) is 6. The molecule has 8 heteroatoms. The van der Waals surface area contributed by atoms with Crippen LogP contribution in [0.25, 0.3) is 0 Å². The summed E-state index contributed by atoms with van der Waals surface area (Å²) in [5, 5.41) is 3.21. The molecule has 1 atom stereocenters. The van der Waals surface area contributed by atoms with Crippen molar-refractivity contribution in [3.63, 3.8) is 0 Å². The number of nitrogens with zero attached hydrogens (tertiary/aromatic N) is 3. The molecule has 1 saturated heterocycles. The van der Waals surface area contributed by atoms with E-state index >= 15 is 0 Å². The average molecular weight is 301 g/mol. The van der Waals surface area contributed by atoms with Gasteiger partial charge in [-0.3, -0.25) is 4.79 Å². The molecule has 0 aromatic carbocycles. The minimum Gasteiger partial charge on any atom is -0.490 e. The summed E-state index contributed by atoms with van der Waals surface area (Å²) in [6.07, 6.45) is 1.32. The molecule has 7 nitrogen and oxygen atoms in total. The summed E-state index contributed by atoms with van der Waals surface area (Å²) in [6, 6.07) is -0.437. The predicted molar refractivity (Wildman–Crippen MR) is 74.1 cm³/mol. The van der Waals surface area contributed by atoms with Gasteiger partial charge in [-0.15, -0.1) is 0 Å². The van der Waals surface area contributed by atoms with Gasteiger partial charge in [0, 0.05) is 13.1 Å². The highest BCUT2D eigenvalue weighted by atomic mass is 35.5. The minimum atomic E-state index is -0.437. The summed E-state index contributed by atoms with van der Waals surface area (Å²) >= 11 is 5.91. The first-order valence-corrected chi connectivity index (χ1v) is 6.69. The Balaban J connectivity index is 2.05. The van der Waals surface area contributed by atoms with Gasteiger partial charge in [-0.05, 0) is 6.92 Å². The Labute approximate surface area is 122 Å². The van der Waals surface area contributed by atoms with Crippen LogP contribution in [-0.4, -0.2) is 60.2 Å². The highest BCUT2D eigenvalue weighted by Crippen LogP contribution is 2.28. The van der Waals surface area contributed by atoms with Crippen LogP contribution in [0.2, 0.25) is 5.15 Å². The smallest absolute Gasteiger partial charge is 0.244 e. The Kier molecular flexibility index (Phi) is 4.97. The summed E-state index contributed by atoms with van der Waals surface area (Å²) in [6.45, 7) is 4.12. The molecule has 1 aromatic rings. The van der Waals surface area contributed by atoms with E-state index in [2.05, 4.69) is 15.3 Å². The number of amides is 1. The molecule has 20 heavy (non-hydrogen) atoms. The summed E-state index contributed by atoms with van der Waals surface area (Å²) in [7, 11) is 1.48. The van der Waals surface area contributed by atoms with Gasteiger partial charge in [-0.25, -0.2) is 9.97 Å². The lowest BCUT2D eigenvalue weighted by Crippen LogP contribution is -2.47.